The summed E-state index contributed by atoms with van der Waals surface area (Å²) in [6, 6.07) is 12.0. The number of aryl methyl sites for hydroxylation is 2. The van der Waals surface area contributed by atoms with E-state index < -0.39 is 0 Å². The second-order valence-electron chi connectivity index (χ2n) is 11.4. The molecule has 3 aromatic carbocycles. The van der Waals surface area contributed by atoms with Crippen molar-refractivity contribution in [1.82, 2.24) is 0 Å². The van der Waals surface area contributed by atoms with E-state index >= 15 is 0 Å². The van der Waals surface area contributed by atoms with Crippen molar-refractivity contribution in [2.75, 3.05) is 0 Å². The van der Waals surface area contributed by atoms with E-state index in [0.717, 1.165) is 71.2 Å². The summed E-state index contributed by atoms with van der Waals surface area (Å²) in [6.07, 6.45) is 17.0. The second kappa shape index (κ2) is 17.0. The van der Waals surface area contributed by atoms with Gasteiger partial charge in [0.1, 0.15) is 11.5 Å². The van der Waals surface area contributed by atoms with E-state index in [0.29, 0.717) is 24.3 Å². The smallest absolute Gasteiger partial charge is 0.311 e. The van der Waals surface area contributed by atoms with Gasteiger partial charge >= 0.3 is 11.9 Å². The monoisotopic (exact) mass is 546 g/mol. The number of carbonyl (C=O) groups is 2. The first-order valence-corrected chi connectivity index (χ1v) is 15.8. The minimum atomic E-state index is -0.207. The molecule has 0 aromatic heterocycles. The van der Waals surface area contributed by atoms with Gasteiger partial charge in [-0.2, -0.15) is 0 Å². The summed E-state index contributed by atoms with van der Waals surface area (Å²) < 4.78 is 12.2. The third-order valence-corrected chi connectivity index (χ3v) is 7.73. The van der Waals surface area contributed by atoms with Crippen molar-refractivity contribution < 1.29 is 19.1 Å². The molecule has 218 valence electrons. The molecule has 0 fully saturated rings. The summed E-state index contributed by atoms with van der Waals surface area (Å²) >= 11 is 0. The van der Waals surface area contributed by atoms with Gasteiger partial charge in [0.05, 0.1) is 0 Å². The summed E-state index contributed by atoms with van der Waals surface area (Å²) in [7, 11) is 0. The van der Waals surface area contributed by atoms with Crippen LogP contribution >= 0.6 is 0 Å². The maximum atomic E-state index is 13.0. The Kier molecular flexibility index (Phi) is 13.5. The normalized spacial score (nSPS) is 11.3. The summed E-state index contributed by atoms with van der Waals surface area (Å²) in [5.74, 6) is 0.714. The predicted molar refractivity (Wildman–Crippen MR) is 167 cm³/mol. The molecular formula is C36H50O4. The highest BCUT2D eigenvalue weighted by Crippen LogP contribution is 2.44. The number of benzene rings is 3. The molecule has 0 radical (unpaired) electrons. The standard InChI is InChI=1S/C36H50O4/c1-5-7-9-11-13-15-17-19-33(37)39-35-29-23-21-28(4)26-32(29)36(30-24-22-27(3)25-31(30)35)40-34(38)20-18-16-14-12-10-8-6-2/h21-26H,5-20H2,1-4H3. The van der Waals surface area contributed by atoms with Crippen LogP contribution in [0.3, 0.4) is 0 Å². The lowest BCUT2D eigenvalue weighted by Gasteiger charge is -2.17. The molecule has 0 saturated carbocycles. The Morgan fingerprint density at radius 1 is 0.500 bits per heavy atom. The van der Waals surface area contributed by atoms with Crippen molar-refractivity contribution in [3.63, 3.8) is 0 Å². The van der Waals surface area contributed by atoms with Crippen molar-refractivity contribution in [3.8, 4) is 11.5 Å². The number of hydrogen-bond acceptors (Lipinski definition) is 4. The number of ether oxygens (including phenoxy) is 2. The van der Waals surface area contributed by atoms with Crippen LogP contribution in [0.2, 0.25) is 0 Å². The Bertz CT molecular complexity index is 1150. The van der Waals surface area contributed by atoms with Crippen LogP contribution in [-0.4, -0.2) is 11.9 Å². The lowest BCUT2D eigenvalue weighted by Crippen LogP contribution is -2.11. The predicted octanol–water partition coefficient (Wildman–Crippen LogP) is 10.7. The SMILES string of the molecule is CCCCCCCCCC(=O)Oc1c2ccc(C)cc2c(OC(=O)CCCCCCCCC)c2ccc(C)cc12. The summed E-state index contributed by atoms with van der Waals surface area (Å²) in [6.45, 7) is 8.49. The van der Waals surface area contributed by atoms with Crippen LogP contribution in [0.4, 0.5) is 0 Å². The van der Waals surface area contributed by atoms with Gasteiger partial charge in [0.15, 0.2) is 0 Å². The fourth-order valence-corrected chi connectivity index (χ4v) is 5.38. The zero-order valence-electron chi connectivity index (χ0n) is 25.4. The van der Waals surface area contributed by atoms with Gasteiger partial charge in [-0.1, -0.05) is 126 Å². The highest BCUT2D eigenvalue weighted by Gasteiger charge is 2.20. The van der Waals surface area contributed by atoms with E-state index in [1.54, 1.807) is 0 Å². The molecule has 0 aliphatic carbocycles. The van der Waals surface area contributed by atoms with Crippen LogP contribution < -0.4 is 9.47 Å². The van der Waals surface area contributed by atoms with E-state index in [2.05, 4.69) is 13.8 Å². The molecular weight excluding hydrogens is 496 g/mol. The van der Waals surface area contributed by atoms with Gasteiger partial charge in [-0.05, 0) is 38.8 Å². The van der Waals surface area contributed by atoms with Crippen LogP contribution in [-0.2, 0) is 9.59 Å². The maximum Gasteiger partial charge on any atom is 0.311 e. The van der Waals surface area contributed by atoms with Crippen LogP contribution in [0.1, 0.15) is 128 Å². The Hall–Kier alpha value is -2.88. The van der Waals surface area contributed by atoms with Gasteiger partial charge in [0.2, 0.25) is 0 Å². The minimum absolute atomic E-state index is 0.207. The van der Waals surface area contributed by atoms with Gasteiger partial charge in [0.25, 0.3) is 0 Å². The molecule has 3 rings (SSSR count). The first-order chi connectivity index (χ1) is 19.4. The highest BCUT2D eigenvalue weighted by atomic mass is 16.5. The Balaban J connectivity index is 1.78. The van der Waals surface area contributed by atoms with Gasteiger partial charge in [-0.25, -0.2) is 0 Å². The molecule has 0 aliphatic heterocycles. The van der Waals surface area contributed by atoms with Crippen LogP contribution in [0.5, 0.6) is 11.5 Å². The van der Waals surface area contributed by atoms with Crippen molar-refractivity contribution in [2.24, 2.45) is 0 Å². The second-order valence-corrected chi connectivity index (χ2v) is 11.4. The van der Waals surface area contributed by atoms with Crippen molar-refractivity contribution in [2.45, 2.75) is 130 Å². The molecule has 4 heteroatoms. The molecule has 0 amide bonds. The van der Waals surface area contributed by atoms with Crippen LogP contribution in [0, 0.1) is 13.8 Å². The van der Waals surface area contributed by atoms with E-state index in [4.69, 9.17) is 9.47 Å². The molecule has 0 spiro atoms. The van der Waals surface area contributed by atoms with E-state index in [1.807, 2.05) is 50.2 Å². The van der Waals surface area contributed by atoms with Crippen molar-refractivity contribution in [1.29, 1.82) is 0 Å². The van der Waals surface area contributed by atoms with Gasteiger partial charge in [-0.15, -0.1) is 0 Å². The van der Waals surface area contributed by atoms with Gasteiger partial charge in [-0.3, -0.25) is 9.59 Å². The quantitative estimate of drug-likeness (QED) is 0.0689. The molecule has 0 saturated heterocycles. The fourth-order valence-electron chi connectivity index (χ4n) is 5.38. The topological polar surface area (TPSA) is 52.6 Å². The minimum Gasteiger partial charge on any atom is -0.425 e. The summed E-state index contributed by atoms with van der Waals surface area (Å²) in [4.78, 5) is 25.9. The number of rotatable bonds is 18. The first kappa shape index (κ1) is 31.6. The van der Waals surface area contributed by atoms with Crippen LogP contribution in [0.15, 0.2) is 36.4 Å². The zero-order valence-corrected chi connectivity index (χ0v) is 25.4. The molecule has 3 aromatic rings. The van der Waals surface area contributed by atoms with Gasteiger partial charge in [0, 0.05) is 34.4 Å². The first-order valence-electron chi connectivity index (χ1n) is 15.8. The number of unbranched alkanes of at least 4 members (excludes halogenated alkanes) is 12. The average Bonchev–Trinajstić information content (AvgIpc) is 2.93. The van der Waals surface area contributed by atoms with E-state index in [1.165, 1.54) is 51.4 Å². The maximum absolute atomic E-state index is 13.0. The molecule has 0 atom stereocenters. The van der Waals surface area contributed by atoms with Gasteiger partial charge < -0.3 is 9.47 Å². The molecule has 0 aliphatic rings. The molecule has 4 nitrogen and oxygen atoms in total. The summed E-state index contributed by atoms with van der Waals surface area (Å²) in [5.41, 5.74) is 2.12. The lowest BCUT2D eigenvalue weighted by molar-refractivity contribution is -0.135. The molecule has 0 bridgehead atoms. The molecule has 0 heterocycles. The number of fused-ring (bicyclic) bond motifs is 2. The van der Waals surface area contributed by atoms with E-state index in [-0.39, 0.29) is 11.9 Å². The third-order valence-electron chi connectivity index (χ3n) is 7.73. The summed E-state index contributed by atoms with van der Waals surface area (Å²) in [5, 5.41) is 3.22. The van der Waals surface area contributed by atoms with Crippen LogP contribution in [0.25, 0.3) is 21.5 Å². The lowest BCUT2D eigenvalue weighted by atomic mass is 9.97. The van der Waals surface area contributed by atoms with Crippen molar-refractivity contribution in [3.05, 3.63) is 47.5 Å². The third kappa shape index (κ3) is 9.64. The Labute approximate surface area is 241 Å². The number of hydrogen-bond donors (Lipinski definition) is 0. The van der Waals surface area contributed by atoms with Crippen molar-refractivity contribution >= 4 is 33.5 Å². The average molecular weight is 547 g/mol. The highest BCUT2D eigenvalue weighted by molar-refractivity contribution is 6.13. The Morgan fingerprint density at radius 2 is 0.850 bits per heavy atom. The molecule has 40 heavy (non-hydrogen) atoms. The number of esters is 2. The largest absolute Gasteiger partial charge is 0.425 e. The fraction of sp³-hybridized carbons (Fsp3) is 0.556. The molecule has 0 N–H and O–H groups in total. The van der Waals surface area contributed by atoms with E-state index in [9.17, 15) is 9.59 Å². The zero-order chi connectivity index (χ0) is 28.7. The Morgan fingerprint density at radius 3 is 1.23 bits per heavy atom. The number of carbonyl (C=O) groups excluding carboxylic acids is 2. The molecule has 0 unspecified atom stereocenters.